The van der Waals surface area contributed by atoms with Gasteiger partial charge in [-0.25, -0.2) is 0 Å². The molecule has 0 bridgehead atoms. The molecule has 1 aliphatic rings. The number of aromatic nitrogens is 2. The molecule has 0 amide bonds. The summed E-state index contributed by atoms with van der Waals surface area (Å²) >= 11 is 3.57. The number of hydrogen-bond acceptors (Lipinski definition) is 3. The van der Waals surface area contributed by atoms with Crippen molar-refractivity contribution in [1.29, 1.82) is 0 Å². The van der Waals surface area contributed by atoms with Crippen molar-refractivity contribution in [2.75, 3.05) is 0 Å². The van der Waals surface area contributed by atoms with E-state index in [1.807, 2.05) is 19.4 Å². The van der Waals surface area contributed by atoms with Gasteiger partial charge < -0.3 is 10.1 Å². The van der Waals surface area contributed by atoms with Gasteiger partial charge in [0, 0.05) is 41.4 Å². The highest BCUT2D eigenvalue weighted by atomic mass is 79.9. The van der Waals surface area contributed by atoms with Gasteiger partial charge in [-0.05, 0) is 37.5 Å². The second kappa shape index (κ2) is 6.20. The van der Waals surface area contributed by atoms with Crippen molar-refractivity contribution in [3.05, 3.63) is 45.7 Å². The predicted octanol–water partition coefficient (Wildman–Crippen LogP) is 3.32. The summed E-state index contributed by atoms with van der Waals surface area (Å²) in [5.74, 6) is 0.982. The summed E-state index contributed by atoms with van der Waals surface area (Å²) in [4.78, 5) is 0. The summed E-state index contributed by atoms with van der Waals surface area (Å²) in [7, 11) is 1.92. The molecule has 1 N–H and O–H groups in total. The Labute approximate surface area is 133 Å². The van der Waals surface area contributed by atoms with E-state index in [0.717, 1.165) is 27.9 Å². The van der Waals surface area contributed by atoms with E-state index in [1.165, 1.54) is 18.4 Å². The Morgan fingerprint density at radius 2 is 2.24 bits per heavy atom. The van der Waals surface area contributed by atoms with Crippen molar-refractivity contribution >= 4 is 15.9 Å². The first-order chi connectivity index (χ1) is 10.1. The molecule has 0 unspecified atom stereocenters. The Balaban J connectivity index is 1.74. The number of hydrogen-bond donors (Lipinski definition) is 1. The van der Waals surface area contributed by atoms with Crippen LogP contribution in [0.1, 0.15) is 29.5 Å². The fourth-order valence-electron chi connectivity index (χ4n) is 2.38. The quantitative estimate of drug-likeness (QED) is 0.869. The molecule has 1 aromatic heterocycles. The van der Waals surface area contributed by atoms with Crippen molar-refractivity contribution in [2.45, 2.75) is 39.0 Å². The Bertz CT molecular complexity index is 634. The first kappa shape index (κ1) is 14.6. The fourth-order valence-corrected chi connectivity index (χ4v) is 3.00. The number of ether oxygens (including phenoxy) is 1. The maximum Gasteiger partial charge on any atom is 0.127 e. The van der Waals surface area contributed by atoms with Crippen molar-refractivity contribution in [2.24, 2.45) is 7.05 Å². The minimum absolute atomic E-state index is 0.548. The summed E-state index contributed by atoms with van der Waals surface area (Å²) in [6, 6.07) is 4.93. The maximum absolute atomic E-state index is 6.06. The van der Waals surface area contributed by atoms with Gasteiger partial charge in [0.15, 0.2) is 0 Å². The van der Waals surface area contributed by atoms with Crippen LogP contribution in [0.3, 0.4) is 0 Å². The van der Waals surface area contributed by atoms with Crippen molar-refractivity contribution in [3.8, 4) is 5.75 Å². The standard InChI is InChI=1S/C16H20BrN3O/c1-11-5-14(17)6-13(8-18-15-3-4-15)16(11)21-10-12-7-19-20(2)9-12/h5-7,9,15,18H,3-4,8,10H2,1-2H3. The molecular formula is C16H20BrN3O. The van der Waals surface area contributed by atoms with Crippen LogP contribution in [0, 0.1) is 6.92 Å². The molecule has 0 aliphatic heterocycles. The third-order valence-corrected chi connectivity index (χ3v) is 4.07. The van der Waals surface area contributed by atoms with Crippen LogP contribution in [0.2, 0.25) is 0 Å². The van der Waals surface area contributed by atoms with Crippen molar-refractivity contribution < 1.29 is 4.74 Å². The smallest absolute Gasteiger partial charge is 0.127 e. The van der Waals surface area contributed by atoms with Crippen LogP contribution in [-0.2, 0) is 20.2 Å². The molecule has 4 nitrogen and oxygen atoms in total. The lowest BCUT2D eigenvalue weighted by atomic mass is 10.1. The first-order valence-electron chi connectivity index (χ1n) is 7.24. The topological polar surface area (TPSA) is 39.1 Å². The average molecular weight is 350 g/mol. The molecule has 1 aliphatic carbocycles. The second-order valence-corrected chi connectivity index (χ2v) is 6.59. The number of halogens is 1. The molecule has 21 heavy (non-hydrogen) atoms. The van der Waals surface area contributed by atoms with Gasteiger partial charge in [0.2, 0.25) is 0 Å². The van der Waals surface area contributed by atoms with Crippen LogP contribution >= 0.6 is 15.9 Å². The molecule has 5 heteroatoms. The third kappa shape index (κ3) is 3.86. The molecule has 1 aromatic carbocycles. The van der Waals surface area contributed by atoms with Crippen molar-refractivity contribution in [3.63, 3.8) is 0 Å². The molecule has 1 saturated carbocycles. The Kier molecular flexibility index (Phi) is 4.31. The highest BCUT2D eigenvalue weighted by Gasteiger charge is 2.21. The number of benzene rings is 1. The van der Waals surface area contributed by atoms with Gasteiger partial charge in [-0.1, -0.05) is 15.9 Å². The van der Waals surface area contributed by atoms with Gasteiger partial charge in [0.1, 0.15) is 12.4 Å². The number of rotatable bonds is 6. The highest BCUT2D eigenvalue weighted by molar-refractivity contribution is 9.10. The monoisotopic (exact) mass is 349 g/mol. The van der Waals surface area contributed by atoms with Crippen LogP contribution < -0.4 is 10.1 Å². The molecular weight excluding hydrogens is 330 g/mol. The largest absolute Gasteiger partial charge is 0.488 e. The fraction of sp³-hybridized carbons (Fsp3) is 0.438. The molecule has 2 aromatic rings. The summed E-state index contributed by atoms with van der Waals surface area (Å²) in [5, 5.41) is 7.73. The average Bonchev–Trinajstić information content (AvgIpc) is 3.17. The molecule has 0 radical (unpaired) electrons. The van der Waals surface area contributed by atoms with E-state index < -0.39 is 0 Å². The zero-order valence-electron chi connectivity index (χ0n) is 12.4. The Morgan fingerprint density at radius 3 is 2.90 bits per heavy atom. The van der Waals surface area contributed by atoms with Crippen LogP contribution in [0.15, 0.2) is 29.0 Å². The van der Waals surface area contributed by atoms with E-state index in [-0.39, 0.29) is 0 Å². The summed E-state index contributed by atoms with van der Waals surface area (Å²) < 4.78 is 8.95. The number of aryl methyl sites for hydroxylation is 2. The highest BCUT2D eigenvalue weighted by Crippen LogP contribution is 2.30. The maximum atomic E-state index is 6.06. The second-order valence-electron chi connectivity index (χ2n) is 5.68. The Hall–Kier alpha value is -1.33. The molecule has 1 heterocycles. The van der Waals surface area contributed by atoms with E-state index in [4.69, 9.17) is 4.74 Å². The number of nitrogens with zero attached hydrogens (tertiary/aromatic N) is 2. The van der Waals surface area contributed by atoms with E-state index in [1.54, 1.807) is 4.68 Å². The molecule has 112 valence electrons. The zero-order valence-corrected chi connectivity index (χ0v) is 14.0. The summed E-state index contributed by atoms with van der Waals surface area (Å²) in [6.45, 7) is 3.49. The summed E-state index contributed by atoms with van der Waals surface area (Å²) in [6.07, 6.45) is 6.41. The van der Waals surface area contributed by atoms with Gasteiger partial charge in [-0.2, -0.15) is 5.10 Å². The molecule has 0 spiro atoms. The van der Waals surface area contributed by atoms with Gasteiger partial charge in [-0.3, -0.25) is 4.68 Å². The van der Waals surface area contributed by atoms with Gasteiger partial charge >= 0.3 is 0 Å². The van der Waals surface area contributed by atoms with E-state index in [0.29, 0.717) is 12.6 Å². The van der Waals surface area contributed by atoms with Crippen LogP contribution in [0.25, 0.3) is 0 Å². The van der Waals surface area contributed by atoms with E-state index in [2.05, 4.69) is 45.4 Å². The zero-order chi connectivity index (χ0) is 14.8. The minimum atomic E-state index is 0.548. The normalized spacial score (nSPS) is 14.4. The molecule has 1 fully saturated rings. The molecule has 0 atom stereocenters. The third-order valence-electron chi connectivity index (χ3n) is 3.62. The molecule has 3 rings (SSSR count). The predicted molar refractivity (Wildman–Crippen MR) is 86.3 cm³/mol. The minimum Gasteiger partial charge on any atom is -0.488 e. The lowest BCUT2D eigenvalue weighted by Gasteiger charge is -2.15. The van der Waals surface area contributed by atoms with Crippen LogP contribution in [0.5, 0.6) is 5.75 Å². The van der Waals surface area contributed by atoms with E-state index >= 15 is 0 Å². The SMILES string of the molecule is Cc1cc(Br)cc(CNC2CC2)c1OCc1cnn(C)c1. The lowest BCUT2D eigenvalue weighted by molar-refractivity contribution is 0.299. The van der Waals surface area contributed by atoms with Crippen molar-refractivity contribution in [1.82, 2.24) is 15.1 Å². The van der Waals surface area contributed by atoms with Crippen LogP contribution in [0.4, 0.5) is 0 Å². The Morgan fingerprint density at radius 1 is 1.43 bits per heavy atom. The van der Waals surface area contributed by atoms with E-state index in [9.17, 15) is 0 Å². The number of nitrogens with one attached hydrogen (secondary N) is 1. The molecule has 0 saturated heterocycles. The first-order valence-corrected chi connectivity index (χ1v) is 8.04. The summed E-state index contributed by atoms with van der Waals surface area (Å²) in [5.41, 5.74) is 3.44. The lowest BCUT2D eigenvalue weighted by Crippen LogP contribution is -2.16. The van der Waals surface area contributed by atoms with Crippen LogP contribution in [-0.4, -0.2) is 15.8 Å². The van der Waals surface area contributed by atoms with Gasteiger partial charge in [0.25, 0.3) is 0 Å². The van der Waals surface area contributed by atoms with Gasteiger partial charge in [0.05, 0.1) is 6.20 Å². The van der Waals surface area contributed by atoms with Gasteiger partial charge in [-0.15, -0.1) is 0 Å².